The van der Waals surface area contributed by atoms with E-state index in [2.05, 4.69) is 15.0 Å². The number of benzene rings is 2. The summed E-state index contributed by atoms with van der Waals surface area (Å²) in [5.74, 6) is 0.717. The summed E-state index contributed by atoms with van der Waals surface area (Å²) in [6, 6.07) is 11.3. The first kappa shape index (κ1) is 20.8. The van der Waals surface area contributed by atoms with E-state index in [0.717, 1.165) is 5.56 Å². The number of piperazine rings is 1. The summed E-state index contributed by atoms with van der Waals surface area (Å²) in [4.78, 5) is 31.4. The van der Waals surface area contributed by atoms with Gasteiger partial charge in [0.1, 0.15) is 5.69 Å². The van der Waals surface area contributed by atoms with E-state index in [9.17, 15) is 14.9 Å². The molecule has 0 bridgehead atoms. The van der Waals surface area contributed by atoms with Crippen molar-refractivity contribution in [2.24, 2.45) is 0 Å². The Balaban J connectivity index is 1.35. The number of rotatable bonds is 5. The Kier molecular flexibility index (Phi) is 5.83. The quantitative estimate of drug-likeness (QED) is 0.362. The number of nitro benzene ring substituents is 1. The molecule has 2 aromatic carbocycles. The number of nitrogen functional groups attached to an aromatic ring is 1. The van der Waals surface area contributed by atoms with Crippen molar-refractivity contribution in [2.75, 3.05) is 31.9 Å². The highest BCUT2D eigenvalue weighted by atomic mass is 35.5. The number of nitrogens with zero attached hydrogens (tertiary/aromatic N) is 5. The van der Waals surface area contributed by atoms with Gasteiger partial charge in [0.05, 0.1) is 11.5 Å². The fourth-order valence-corrected chi connectivity index (χ4v) is 3.48. The predicted octanol–water partition coefficient (Wildman–Crippen LogP) is 2.84. The Morgan fingerprint density at radius 3 is 2.55 bits per heavy atom. The van der Waals surface area contributed by atoms with E-state index >= 15 is 0 Å². The van der Waals surface area contributed by atoms with Gasteiger partial charge >= 0.3 is 0 Å². The van der Waals surface area contributed by atoms with Gasteiger partial charge in [0.25, 0.3) is 11.6 Å². The van der Waals surface area contributed by atoms with Crippen molar-refractivity contribution in [3.63, 3.8) is 0 Å². The van der Waals surface area contributed by atoms with Gasteiger partial charge in [0.2, 0.25) is 11.7 Å². The van der Waals surface area contributed by atoms with Crippen LogP contribution in [0.2, 0.25) is 5.02 Å². The average molecular weight is 443 g/mol. The molecule has 1 fully saturated rings. The third kappa shape index (κ3) is 4.65. The van der Waals surface area contributed by atoms with Crippen LogP contribution in [-0.4, -0.2) is 56.9 Å². The summed E-state index contributed by atoms with van der Waals surface area (Å²) in [5, 5.41) is 15.7. The van der Waals surface area contributed by atoms with Crippen LogP contribution in [0.5, 0.6) is 0 Å². The number of carbonyl (C=O) groups excluding carboxylic acids is 1. The summed E-state index contributed by atoms with van der Waals surface area (Å²) in [7, 11) is 0. The summed E-state index contributed by atoms with van der Waals surface area (Å²) in [5.41, 5.74) is 6.43. The number of halogens is 1. The first-order chi connectivity index (χ1) is 14.9. The SMILES string of the molecule is Nc1ccc(C(=O)N2CCN(Cc3nc(-c4ccc(Cl)cc4)no3)CC2)cc1[N+](=O)[O-]. The van der Waals surface area contributed by atoms with Gasteiger partial charge in [-0.2, -0.15) is 4.98 Å². The Bertz CT molecular complexity index is 1110. The largest absolute Gasteiger partial charge is 0.393 e. The predicted molar refractivity (Wildman–Crippen MR) is 113 cm³/mol. The maximum Gasteiger partial charge on any atom is 0.292 e. The number of hydrogen-bond donors (Lipinski definition) is 1. The maximum absolute atomic E-state index is 12.7. The molecule has 1 aromatic heterocycles. The van der Waals surface area contributed by atoms with Crippen LogP contribution in [-0.2, 0) is 6.54 Å². The van der Waals surface area contributed by atoms with Gasteiger partial charge in [-0.25, -0.2) is 0 Å². The lowest BCUT2D eigenvalue weighted by atomic mass is 10.1. The van der Waals surface area contributed by atoms with E-state index in [1.807, 2.05) is 12.1 Å². The van der Waals surface area contributed by atoms with Crippen molar-refractivity contribution < 1.29 is 14.2 Å². The Labute approximate surface area is 182 Å². The van der Waals surface area contributed by atoms with E-state index in [0.29, 0.717) is 49.5 Å². The summed E-state index contributed by atoms with van der Waals surface area (Å²) >= 11 is 5.90. The Morgan fingerprint density at radius 2 is 1.87 bits per heavy atom. The second-order valence-corrected chi connectivity index (χ2v) is 7.55. The number of aromatic nitrogens is 2. The van der Waals surface area contributed by atoms with Gasteiger partial charge < -0.3 is 15.2 Å². The zero-order valence-electron chi connectivity index (χ0n) is 16.4. The minimum Gasteiger partial charge on any atom is -0.393 e. The summed E-state index contributed by atoms with van der Waals surface area (Å²) < 4.78 is 5.35. The van der Waals surface area contributed by atoms with Gasteiger partial charge in [0, 0.05) is 48.4 Å². The fraction of sp³-hybridized carbons (Fsp3) is 0.250. The van der Waals surface area contributed by atoms with Crippen LogP contribution in [0.3, 0.4) is 0 Å². The fourth-order valence-electron chi connectivity index (χ4n) is 3.35. The minimum atomic E-state index is -0.591. The topological polar surface area (TPSA) is 132 Å². The smallest absolute Gasteiger partial charge is 0.292 e. The van der Waals surface area contributed by atoms with Gasteiger partial charge in [-0.1, -0.05) is 16.8 Å². The van der Waals surface area contributed by atoms with E-state index < -0.39 is 4.92 Å². The molecule has 1 aliphatic rings. The molecule has 1 saturated heterocycles. The molecular weight excluding hydrogens is 424 g/mol. The molecule has 31 heavy (non-hydrogen) atoms. The summed E-state index contributed by atoms with van der Waals surface area (Å²) in [6.07, 6.45) is 0. The van der Waals surface area contributed by atoms with Crippen molar-refractivity contribution in [3.05, 3.63) is 69.1 Å². The lowest BCUT2D eigenvalue weighted by Gasteiger charge is -2.34. The van der Waals surface area contributed by atoms with Crippen LogP contribution in [0.25, 0.3) is 11.4 Å². The first-order valence-corrected chi connectivity index (χ1v) is 9.92. The molecule has 0 atom stereocenters. The van der Waals surface area contributed by atoms with E-state index in [1.54, 1.807) is 17.0 Å². The highest BCUT2D eigenvalue weighted by Crippen LogP contribution is 2.24. The molecule has 3 aromatic rings. The van der Waals surface area contributed by atoms with Crippen LogP contribution in [0, 0.1) is 10.1 Å². The molecule has 0 aliphatic carbocycles. The van der Waals surface area contributed by atoms with Gasteiger partial charge in [-0.05, 0) is 36.4 Å². The Hall–Kier alpha value is -3.50. The zero-order valence-corrected chi connectivity index (χ0v) is 17.2. The maximum atomic E-state index is 12.7. The highest BCUT2D eigenvalue weighted by Gasteiger charge is 2.25. The van der Waals surface area contributed by atoms with Crippen molar-refractivity contribution in [1.82, 2.24) is 19.9 Å². The Morgan fingerprint density at radius 1 is 1.16 bits per heavy atom. The molecular formula is C20H19ClN6O4. The molecule has 0 saturated carbocycles. The molecule has 4 rings (SSSR count). The van der Waals surface area contributed by atoms with E-state index in [-0.39, 0.29) is 22.8 Å². The standard InChI is InChI=1S/C20H19ClN6O4/c21-15-4-1-13(2-5-15)19-23-18(31-24-19)12-25-7-9-26(10-8-25)20(28)14-3-6-16(22)17(11-14)27(29)30/h1-6,11H,7-10,12,22H2. The number of amides is 1. The van der Waals surface area contributed by atoms with Crippen molar-refractivity contribution in [3.8, 4) is 11.4 Å². The number of carbonyl (C=O) groups is 1. The van der Waals surface area contributed by atoms with Gasteiger partial charge in [-0.3, -0.25) is 19.8 Å². The van der Waals surface area contributed by atoms with Crippen molar-refractivity contribution in [2.45, 2.75) is 6.54 Å². The monoisotopic (exact) mass is 442 g/mol. The second-order valence-electron chi connectivity index (χ2n) is 7.12. The number of nitro groups is 1. The molecule has 2 heterocycles. The number of nitrogens with two attached hydrogens (primary N) is 1. The first-order valence-electron chi connectivity index (χ1n) is 9.55. The van der Waals surface area contributed by atoms with E-state index in [1.165, 1.54) is 18.2 Å². The van der Waals surface area contributed by atoms with Crippen molar-refractivity contribution >= 4 is 28.9 Å². The molecule has 11 heteroatoms. The van der Waals surface area contributed by atoms with Crippen LogP contribution in [0.4, 0.5) is 11.4 Å². The molecule has 10 nitrogen and oxygen atoms in total. The van der Waals surface area contributed by atoms with Crippen LogP contribution < -0.4 is 5.73 Å². The summed E-state index contributed by atoms with van der Waals surface area (Å²) in [6.45, 7) is 2.66. The molecule has 2 N–H and O–H groups in total. The molecule has 0 radical (unpaired) electrons. The van der Waals surface area contributed by atoms with Crippen LogP contribution >= 0.6 is 11.6 Å². The molecule has 0 unspecified atom stereocenters. The second kappa shape index (κ2) is 8.70. The third-order valence-corrected chi connectivity index (χ3v) is 5.31. The van der Waals surface area contributed by atoms with Gasteiger partial charge in [-0.15, -0.1) is 0 Å². The van der Waals surface area contributed by atoms with Crippen LogP contribution in [0.1, 0.15) is 16.2 Å². The average Bonchev–Trinajstić information content (AvgIpc) is 3.23. The number of anilines is 1. The molecule has 0 spiro atoms. The van der Waals surface area contributed by atoms with E-state index in [4.69, 9.17) is 21.9 Å². The highest BCUT2D eigenvalue weighted by molar-refractivity contribution is 6.30. The molecule has 1 amide bonds. The number of hydrogen-bond acceptors (Lipinski definition) is 8. The lowest BCUT2D eigenvalue weighted by Crippen LogP contribution is -2.48. The normalized spacial score (nSPS) is 14.5. The minimum absolute atomic E-state index is 0.0314. The molecule has 1 aliphatic heterocycles. The lowest BCUT2D eigenvalue weighted by molar-refractivity contribution is -0.383. The third-order valence-electron chi connectivity index (χ3n) is 5.06. The molecule has 160 valence electrons. The van der Waals surface area contributed by atoms with Gasteiger partial charge in [0.15, 0.2) is 0 Å². The zero-order chi connectivity index (χ0) is 22.0. The van der Waals surface area contributed by atoms with Crippen LogP contribution in [0.15, 0.2) is 47.0 Å². The van der Waals surface area contributed by atoms with Crippen molar-refractivity contribution in [1.29, 1.82) is 0 Å².